The molecule has 0 fully saturated rings. The van der Waals surface area contributed by atoms with E-state index in [1.165, 1.54) is 18.1 Å². The Kier molecular flexibility index (Phi) is 8.23. The van der Waals surface area contributed by atoms with Crippen molar-refractivity contribution in [1.82, 2.24) is 4.98 Å². The molecule has 0 N–H and O–H groups in total. The lowest BCUT2D eigenvalue weighted by molar-refractivity contribution is -0.147. The molecule has 0 aliphatic heterocycles. The van der Waals surface area contributed by atoms with Gasteiger partial charge in [-0.2, -0.15) is 0 Å². The van der Waals surface area contributed by atoms with Gasteiger partial charge in [0.1, 0.15) is 18.8 Å². The second-order valence-electron chi connectivity index (χ2n) is 5.86. The third-order valence-corrected chi connectivity index (χ3v) is 3.52. The third kappa shape index (κ3) is 7.85. The number of aromatic nitrogens is 1. The van der Waals surface area contributed by atoms with Crippen molar-refractivity contribution >= 4 is 17.8 Å². The highest BCUT2D eigenvalue weighted by atomic mass is 16.6. The van der Waals surface area contributed by atoms with Crippen molar-refractivity contribution in [3.63, 3.8) is 0 Å². The summed E-state index contributed by atoms with van der Waals surface area (Å²) in [5, 5.41) is 0. The highest BCUT2D eigenvalue weighted by Crippen LogP contribution is 2.11. The third-order valence-electron chi connectivity index (χ3n) is 3.52. The monoisotopic (exact) mass is 353 g/mol. The summed E-state index contributed by atoms with van der Waals surface area (Å²) in [6, 6.07) is 12.3. The first-order chi connectivity index (χ1) is 12.6. The second kappa shape index (κ2) is 10.9. The molecule has 1 aromatic carbocycles. The first kappa shape index (κ1) is 19.5. The fourth-order valence-electron chi connectivity index (χ4n) is 2.29. The molecule has 5 heteroatoms. The number of carbonyl (C=O) groups is 2. The van der Waals surface area contributed by atoms with Gasteiger partial charge in [-0.25, -0.2) is 0 Å². The number of benzene rings is 1. The van der Waals surface area contributed by atoms with E-state index in [2.05, 4.69) is 35.3 Å². The van der Waals surface area contributed by atoms with Crippen LogP contribution in [0.1, 0.15) is 30.0 Å². The summed E-state index contributed by atoms with van der Waals surface area (Å²) >= 11 is 0. The average Bonchev–Trinajstić information content (AvgIpc) is 2.62. The maximum atomic E-state index is 11.2. The molecule has 5 nitrogen and oxygen atoms in total. The molecule has 0 radical (unpaired) electrons. The maximum Gasteiger partial charge on any atom is 0.313 e. The summed E-state index contributed by atoms with van der Waals surface area (Å²) < 4.78 is 10.2. The molecule has 0 saturated carbocycles. The fraction of sp³-hybridized carbons (Fsp3) is 0.286. The van der Waals surface area contributed by atoms with E-state index >= 15 is 0 Å². The molecule has 0 aliphatic carbocycles. The van der Waals surface area contributed by atoms with E-state index in [0.717, 1.165) is 12.0 Å². The Morgan fingerprint density at radius 3 is 2.58 bits per heavy atom. The molecule has 136 valence electrons. The molecule has 1 aromatic heterocycles. The molecular weight excluding hydrogens is 330 g/mol. The molecule has 0 amide bonds. The number of ketones is 1. The van der Waals surface area contributed by atoms with Crippen LogP contribution in [0, 0.1) is 0 Å². The number of carbonyl (C=O) groups excluding carboxylic acids is 2. The van der Waals surface area contributed by atoms with E-state index in [-0.39, 0.29) is 18.8 Å². The molecule has 26 heavy (non-hydrogen) atoms. The van der Waals surface area contributed by atoms with Gasteiger partial charge in [0.25, 0.3) is 0 Å². The van der Waals surface area contributed by atoms with Crippen molar-refractivity contribution in [2.75, 3.05) is 19.8 Å². The van der Waals surface area contributed by atoms with E-state index in [1.807, 2.05) is 24.4 Å². The Labute approximate surface area is 153 Å². The van der Waals surface area contributed by atoms with Crippen LogP contribution in [0.2, 0.25) is 0 Å². The quantitative estimate of drug-likeness (QED) is 0.373. The number of ether oxygens (including phenoxy) is 2. The Morgan fingerprint density at radius 2 is 1.88 bits per heavy atom. The lowest BCUT2D eigenvalue weighted by atomic mass is 10.0. The first-order valence-corrected chi connectivity index (χ1v) is 8.50. The highest BCUT2D eigenvalue weighted by Gasteiger charge is 2.05. The molecule has 2 aromatic rings. The number of esters is 1. The van der Waals surface area contributed by atoms with Crippen LogP contribution in [0.4, 0.5) is 0 Å². The molecule has 0 bridgehead atoms. The number of Topliss-reactive ketones (excluding diaryl/α,β-unsaturated/α-hetero) is 1. The fourth-order valence-corrected chi connectivity index (χ4v) is 2.29. The second-order valence-corrected chi connectivity index (χ2v) is 5.86. The molecular formula is C21H23NO4. The zero-order valence-electron chi connectivity index (χ0n) is 14.9. The zero-order valence-corrected chi connectivity index (χ0v) is 14.9. The van der Waals surface area contributed by atoms with Crippen molar-refractivity contribution in [1.29, 1.82) is 0 Å². The van der Waals surface area contributed by atoms with Crippen molar-refractivity contribution in [3.05, 3.63) is 71.6 Å². The van der Waals surface area contributed by atoms with Gasteiger partial charge in [0.15, 0.2) is 0 Å². The summed E-state index contributed by atoms with van der Waals surface area (Å²) in [6.07, 6.45) is 8.22. The Hall–Kier alpha value is -2.79. The van der Waals surface area contributed by atoms with Gasteiger partial charge < -0.3 is 9.47 Å². The molecule has 2 rings (SSSR count). The van der Waals surface area contributed by atoms with Crippen LogP contribution in [0.3, 0.4) is 0 Å². The topological polar surface area (TPSA) is 65.5 Å². The van der Waals surface area contributed by atoms with E-state index in [9.17, 15) is 9.59 Å². The minimum absolute atomic E-state index is 0.156. The summed E-state index contributed by atoms with van der Waals surface area (Å²) in [7, 11) is 0. The van der Waals surface area contributed by atoms with Crippen LogP contribution >= 0.6 is 0 Å². The number of rotatable bonds is 10. The lowest BCUT2D eigenvalue weighted by Gasteiger charge is -2.04. The Balaban J connectivity index is 1.64. The maximum absolute atomic E-state index is 11.2. The standard InChI is InChI=1S/C21H23NO4/c1-17(23)14-21(24)26-13-12-25-11-3-5-18-6-8-19(9-7-18)15-20-4-2-10-22-16-20/h2-10,16H,11-15H2,1H3. The van der Waals surface area contributed by atoms with Crippen LogP contribution in [0.15, 0.2) is 54.9 Å². The van der Waals surface area contributed by atoms with E-state index < -0.39 is 5.97 Å². The van der Waals surface area contributed by atoms with Crippen LogP contribution < -0.4 is 0 Å². The molecule has 1 heterocycles. The van der Waals surface area contributed by atoms with Crippen molar-refractivity contribution in [2.24, 2.45) is 0 Å². The summed E-state index contributed by atoms with van der Waals surface area (Å²) in [5.74, 6) is -0.715. The summed E-state index contributed by atoms with van der Waals surface area (Å²) in [5.41, 5.74) is 3.52. The van der Waals surface area contributed by atoms with Crippen LogP contribution in [-0.4, -0.2) is 36.6 Å². The largest absolute Gasteiger partial charge is 0.463 e. The van der Waals surface area contributed by atoms with E-state index in [4.69, 9.17) is 9.47 Å². The van der Waals surface area contributed by atoms with E-state index in [1.54, 1.807) is 6.20 Å². The highest BCUT2D eigenvalue weighted by molar-refractivity contribution is 5.94. The lowest BCUT2D eigenvalue weighted by Crippen LogP contribution is -2.13. The predicted molar refractivity (Wildman–Crippen MR) is 99.6 cm³/mol. The SMILES string of the molecule is CC(=O)CC(=O)OCCOCC=Cc1ccc(Cc2cccnc2)cc1. The van der Waals surface area contributed by atoms with Gasteiger partial charge in [-0.05, 0) is 36.1 Å². The molecule has 0 aliphatic rings. The number of hydrogen-bond acceptors (Lipinski definition) is 5. The average molecular weight is 353 g/mol. The van der Waals surface area contributed by atoms with E-state index in [0.29, 0.717) is 13.2 Å². The zero-order chi connectivity index (χ0) is 18.6. The number of hydrogen-bond donors (Lipinski definition) is 0. The smallest absolute Gasteiger partial charge is 0.313 e. The van der Waals surface area contributed by atoms with Crippen molar-refractivity contribution in [2.45, 2.75) is 19.8 Å². The van der Waals surface area contributed by atoms with Crippen LogP contribution in [-0.2, 0) is 25.5 Å². The minimum Gasteiger partial charge on any atom is -0.463 e. The predicted octanol–water partition coefficient (Wildman–Crippen LogP) is 3.22. The summed E-state index contributed by atoms with van der Waals surface area (Å²) in [4.78, 5) is 26.0. The Morgan fingerprint density at radius 1 is 1.08 bits per heavy atom. The summed E-state index contributed by atoms with van der Waals surface area (Å²) in [6.45, 7) is 2.25. The Bertz CT molecular complexity index is 723. The molecule has 0 spiro atoms. The van der Waals surface area contributed by atoms with Gasteiger partial charge in [0, 0.05) is 12.4 Å². The van der Waals surface area contributed by atoms with Crippen molar-refractivity contribution in [3.8, 4) is 0 Å². The minimum atomic E-state index is -0.511. The molecule has 0 atom stereocenters. The van der Waals surface area contributed by atoms with Gasteiger partial charge in [-0.1, -0.05) is 42.5 Å². The van der Waals surface area contributed by atoms with Crippen molar-refractivity contribution < 1.29 is 19.1 Å². The van der Waals surface area contributed by atoms with Crippen LogP contribution in [0.5, 0.6) is 0 Å². The van der Waals surface area contributed by atoms with Gasteiger partial charge in [-0.15, -0.1) is 0 Å². The first-order valence-electron chi connectivity index (χ1n) is 8.50. The number of pyridine rings is 1. The van der Waals surface area contributed by atoms with Crippen LogP contribution in [0.25, 0.3) is 6.08 Å². The number of nitrogens with zero attached hydrogens (tertiary/aromatic N) is 1. The van der Waals surface area contributed by atoms with Gasteiger partial charge in [0.2, 0.25) is 0 Å². The molecule has 0 saturated heterocycles. The normalized spacial score (nSPS) is 10.8. The van der Waals surface area contributed by atoms with Gasteiger partial charge >= 0.3 is 5.97 Å². The van der Waals surface area contributed by atoms with Gasteiger partial charge in [0.05, 0.1) is 13.2 Å². The molecule has 0 unspecified atom stereocenters. The van der Waals surface area contributed by atoms with Gasteiger partial charge in [-0.3, -0.25) is 14.6 Å².